The lowest BCUT2D eigenvalue weighted by atomic mass is 9.99. The quantitative estimate of drug-likeness (QED) is 0.744. The molecule has 0 amide bonds. The van der Waals surface area contributed by atoms with E-state index in [-0.39, 0.29) is 5.12 Å². The number of aliphatic carboxylic acids is 1. The van der Waals surface area contributed by atoms with Crippen LogP contribution in [0.3, 0.4) is 0 Å². The molecule has 0 heterocycles. The summed E-state index contributed by atoms with van der Waals surface area (Å²) in [6.45, 7) is 5.42. The third-order valence-electron chi connectivity index (χ3n) is 1.59. The summed E-state index contributed by atoms with van der Waals surface area (Å²) in [4.78, 5) is 21.3. The molecule has 1 unspecified atom stereocenters. The third kappa shape index (κ3) is 6.63. The van der Waals surface area contributed by atoms with E-state index >= 15 is 0 Å². The lowest BCUT2D eigenvalue weighted by molar-refractivity contribution is -0.141. The highest BCUT2D eigenvalue weighted by Crippen LogP contribution is 2.17. The number of carboxylic acids is 1. The van der Waals surface area contributed by atoms with Crippen LogP contribution in [0.5, 0.6) is 0 Å². The van der Waals surface area contributed by atoms with Gasteiger partial charge in [0, 0.05) is 12.7 Å². The van der Waals surface area contributed by atoms with Crippen LogP contribution in [0.4, 0.5) is 0 Å². The van der Waals surface area contributed by atoms with Crippen molar-refractivity contribution in [3.63, 3.8) is 0 Å². The number of carbonyl (C=O) groups excluding carboxylic acids is 1. The Morgan fingerprint density at radius 1 is 1.38 bits per heavy atom. The molecule has 13 heavy (non-hydrogen) atoms. The van der Waals surface area contributed by atoms with Crippen LogP contribution in [0.15, 0.2) is 0 Å². The SMILES string of the molecule is CC(=O)SCC(CC(C)C)C(=O)O. The van der Waals surface area contributed by atoms with E-state index in [4.69, 9.17) is 5.11 Å². The minimum absolute atomic E-state index is 0.0185. The summed E-state index contributed by atoms with van der Waals surface area (Å²) in [5.74, 6) is -0.451. The van der Waals surface area contributed by atoms with Gasteiger partial charge < -0.3 is 5.11 Å². The van der Waals surface area contributed by atoms with E-state index < -0.39 is 11.9 Å². The van der Waals surface area contributed by atoms with Crippen molar-refractivity contribution in [2.75, 3.05) is 5.75 Å². The van der Waals surface area contributed by atoms with Crippen molar-refractivity contribution in [2.24, 2.45) is 11.8 Å². The molecule has 0 spiro atoms. The van der Waals surface area contributed by atoms with Gasteiger partial charge in [0.2, 0.25) is 0 Å². The molecule has 1 N–H and O–H groups in total. The molecule has 0 aliphatic rings. The fraction of sp³-hybridized carbons (Fsp3) is 0.778. The Bertz CT molecular complexity index is 189. The van der Waals surface area contributed by atoms with E-state index in [9.17, 15) is 9.59 Å². The minimum Gasteiger partial charge on any atom is -0.481 e. The van der Waals surface area contributed by atoms with Crippen LogP contribution in [0.25, 0.3) is 0 Å². The zero-order chi connectivity index (χ0) is 10.4. The second-order valence-electron chi connectivity index (χ2n) is 3.47. The van der Waals surface area contributed by atoms with Crippen molar-refractivity contribution in [1.29, 1.82) is 0 Å². The monoisotopic (exact) mass is 204 g/mol. The molecule has 0 aromatic rings. The van der Waals surface area contributed by atoms with E-state index in [1.165, 1.54) is 6.92 Å². The molecule has 1 atom stereocenters. The van der Waals surface area contributed by atoms with Crippen LogP contribution >= 0.6 is 11.8 Å². The lowest BCUT2D eigenvalue weighted by Crippen LogP contribution is -2.19. The number of hydrogen-bond acceptors (Lipinski definition) is 3. The normalized spacial score (nSPS) is 12.9. The van der Waals surface area contributed by atoms with Gasteiger partial charge in [0.1, 0.15) is 0 Å². The molecule has 0 bridgehead atoms. The molecule has 0 saturated carbocycles. The molecule has 0 aromatic carbocycles. The van der Waals surface area contributed by atoms with Crippen LogP contribution in [0.1, 0.15) is 27.2 Å². The first-order chi connectivity index (χ1) is 5.93. The summed E-state index contributed by atoms with van der Waals surface area (Å²) < 4.78 is 0. The van der Waals surface area contributed by atoms with Gasteiger partial charge in [-0.2, -0.15) is 0 Å². The standard InChI is InChI=1S/C9H16O3S/c1-6(2)4-8(9(11)12)5-13-7(3)10/h6,8H,4-5H2,1-3H3,(H,11,12). The molecular weight excluding hydrogens is 188 g/mol. The first-order valence-corrected chi connectivity index (χ1v) is 5.28. The molecule has 3 nitrogen and oxygen atoms in total. The van der Waals surface area contributed by atoms with E-state index in [2.05, 4.69) is 0 Å². The van der Waals surface area contributed by atoms with Gasteiger partial charge in [-0.25, -0.2) is 0 Å². The fourth-order valence-electron chi connectivity index (χ4n) is 1.03. The average Bonchev–Trinajstić information content (AvgIpc) is 1.96. The predicted octanol–water partition coefficient (Wildman–Crippen LogP) is 2.01. The highest BCUT2D eigenvalue weighted by molar-refractivity contribution is 8.13. The van der Waals surface area contributed by atoms with Crippen molar-refractivity contribution in [3.8, 4) is 0 Å². The van der Waals surface area contributed by atoms with Gasteiger partial charge in [0.15, 0.2) is 5.12 Å². The van der Waals surface area contributed by atoms with Gasteiger partial charge in [-0.3, -0.25) is 9.59 Å². The fourth-order valence-corrected chi connectivity index (χ4v) is 1.74. The second-order valence-corrected chi connectivity index (χ2v) is 4.66. The van der Waals surface area contributed by atoms with Crippen LogP contribution in [0, 0.1) is 11.8 Å². The first kappa shape index (κ1) is 12.5. The maximum Gasteiger partial charge on any atom is 0.307 e. The number of carbonyl (C=O) groups is 2. The Morgan fingerprint density at radius 2 is 1.92 bits per heavy atom. The molecular formula is C9H16O3S. The third-order valence-corrected chi connectivity index (χ3v) is 2.57. The van der Waals surface area contributed by atoms with Crippen LogP contribution in [-0.4, -0.2) is 21.9 Å². The highest BCUT2D eigenvalue weighted by Gasteiger charge is 2.19. The minimum atomic E-state index is -0.803. The summed E-state index contributed by atoms with van der Waals surface area (Å²) in [5, 5.41) is 8.79. The van der Waals surface area contributed by atoms with Crippen LogP contribution in [0.2, 0.25) is 0 Å². The first-order valence-electron chi connectivity index (χ1n) is 4.29. The van der Waals surface area contributed by atoms with Gasteiger partial charge in [0.05, 0.1) is 5.92 Å². The van der Waals surface area contributed by atoms with E-state index in [0.717, 1.165) is 11.8 Å². The molecule has 0 radical (unpaired) electrons. The molecule has 76 valence electrons. The van der Waals surface area contributed by atoms with Crippen molar-refractivity contribution in [1.82, 2.24) is 0 Å². The summed E-state index contributed by atoms with van der Waals surface area (Å²) in [6.07, 6.45) is 0.635. The van der Waals surface area contributed by atoms with Crippen molar-refractivity contribution in [2.45, 2.75) is 27.2 Å². The molecule has 0 saturated heterocycles. The summed E-state index contributed by atoms with van der Waals surface area (Å²) in [6, 6.07) is 0. The average molecular weight is 204 g/mol. The smallest absolute Gasteiger partial charge is 0.307 e. The predicted molar refractivity (Wildman–Crippen MR) is 53.7 cm³/mol. The Morgan fingerprint density at radius 3 is 2.23 bits per heavy atom. The molecule has 0 aliphatic heterocycles. The molecule has 0 rings (SSSR count). The van der Waals surface area contributed by atoms with Crippen LogP contribution in [-0.2, 0) is 9.59 Å². The van der Waals surface area contributed by atoms with Crippen molar-refractivity contribution >= 4 is 22.8 Å². The van der Waals surface area contributed by atoms with Crippen molar-refractivity contribution in [3.05, 3.63) is 0 Å². The zero-order valence-electron chi connectivity index (χ0n) is 8.24. The van der Waals surface area contributed by atoms with E-state index in [1.807, 2.05) is 13.8 Å². The van der Waals surface area contributed by atoms with E-state index in [0.29, 0.717) is 18.1 Å². The largest absolute Gasteiger partial charge is 0.481 e. The molecule has 0 aromatic heterocycles. The summed E-state index contributed by atoms with van der Waals surface area (Å²) >= 11 is 1.09. The van der Waals surface area contributed by atoms with Gasteiger partial charge in [-0.15, -0.1) is 0 Å². The molecule has 0 aliphatic carbocycles. The Kier molecular flexibility index (Phi) is 5.79. The van der Waals surface area contributed by atoms with Crippen LogP contribution < -0.4 is 0 Å². The lowest BCUT2D eigenvalue weighted by Gasteiger charge is -2.12. The second kappa shape index (κ2) is 6.02. The topological polar surface area (TPSA) is 54.4 Å². The highest BCUT2D eigenvalue weighted by atomic mass is 32.2. The number of thioether (sulfide) groups is 1. The Labute approximate surface area is 82.9 Å². The summed E-state index contributed by atoms with van der Waals surface area (Å²) in [7, 11) is 0. The number of carboxylic acid groups (broad SMARTS) is 1. The van der Waals surface area contributed by atoms with Gasteiger partial charge in [0.25, 0.3) is 0 Å². The number of rotatable bonds is 5. The van der Waals surface area contributed by atoms with Gasteiger partial charge >= 0.3 is 5.97 Å². The maximum atomic E-state index is 10.7. The maximum absolute atomic E-state index is 10.7. The number of hydrogen-bond donors (Lipinski definition) is 1. The summed E-state index contributed by atoms with van der Waals surface area (Å²) in [5.41, 5.74) is 0. The Hall–Kier alpha value is -0.510. The Balaban J connectivity index is 3.95. The molecule has 4 heteroatoms. The van der Waals surface area contributed by atoms with Gasteiger partial charge in [-0.1, -0.05) is 25.6 Å². The zero-order valence-corrected chi connectivity index (χ0v) is 9.06. The van der Waals surface area contributed by atoms with Crippen molar-refractivity contribution < 1.29 is 14.7 Å². The van der Waals surface area contributed by atoms with E-state index in [1.54, 1.807) is 0 Å². The molecule has 0 fully saturated rings. The van der Waals surface area contributed by atoms with Gasteiger partial charge in [-0.05, 0) is 12.3 Å².